The van der Waals surface area contributed by atoms with E-state index in [1.54, 1.807) is 0 Å². The van der Waals surface area contributed by atoms with Crippen molar-refractivity contribution in [2.24, 2.45) is 5.92 Å². The third kappa shape index (κ3) is 3.21. The van der Waals surface area contributed by atoms with Crippen LogP contribution in [0.5, 0.6) is 0 Å². The molecule has 11 heavy (non-hydrogen) atoms. The van der Waals surface area contributed by atoms with Gasteiger partial charge in [-0.25, -0.2) is 0 Å². The molecule has 3 atom stereocenters. The molecule has 1 saturated carbocycles. The molecule has 0 bridgehead atoms. The van der Waals surface area contributed by atoms with Crippen LogP contribution in [0.2, 0.25) is 0 Å². The van der Waals surface area contributed by atoms with E-state index in [2.05, 4.69) is 0 Å². The molecule has 2 heteroatoms. The molecule has 0 aromatic heterocycles. The topological polar surface area (TPSA) is 40.5 Å². The Morgan fingerprint density at radius 3 is 2.00 bits per heavy atom. The predicted octanol–water partition coefficient (Wildman–Crippen LogP) is 1.55. The quantitative estimate of drug-likeness (QED) is 0.564. The van der Waals surface area contributed by atoms with E-state index < -0.39 is 12.2 Å². The first kappa shape index (κ1) is 10.9. The van der Waals surface area contributed by atoms with E-state index >= 15 is 0 Å². The Hall–Kier alpha value is -0.0800. The minimum atomic E-state index is -0.473. The average Bonchev–Trinajstić information content (AvgIpc) is 2.04. The third-order valence-corrected chi connectivity index (χ3v) is 2.14. The predicted molar refractivity (Wildman–Crippen MR) is 46.4 cm³/mol. The monoisotopic (exact) mass is 160 g/mol. The number of rotatable bonds is 0. The van der Waals surface area contributed by atoms with E-state index in [0.29, 0.717) is 0 Å². The van der Waals surface area contributed by atoms with Crippen molar-refractivity contribution in [3.8, 4) is 0 Å². The van der Waals surface area contributed by atoms with Crippen LogP contribution in [0.1, 0.15) is 40.0 Å². The molecule has 68 valence electrons. The molecule has 0 spiro atoms. The smallest absolute Gasteiger partial charge is 0.0824 e. The summed E-state index contributed by atoms with van der Waals surface area (Å²) in [6, 6.07) is 0. The first-order chi connectivity index (χ1) is 5.22. The van der Waals surface area contributed by atoms with Gasteiger partial charge in [0.1, 0.15) is 0 Å². The number of hydrogen-bond acceptors (Lipinski definition) is 2. The highest BCUT2D eigenvalue weighted by Crippen LogP contribution is 2.23. The first-order valence-electron chi connectivity index (χ1n) is 4.58. The van der Waals surface area contributed by atoms with Gasteiger partial charge in [-0.15, -0.1) is 0 Å². The van der Waals surface area contributed by atoms with Gasteiger partial charge >= 0.3 is 0 Å². The molecule has 1 aliphatic rings. The highest BCUT2D eigenvalue weighted by molar-refractivity contribution is 4.78. The van der Waals surface area contributed by atoms with Crippen LogP contribution < -0.4 is 0 Å². The van der Waals surface area contributed by atoms with Gasteiger partial charge < -0.3 is 10.2 Å². The maximum Gasteiger partial charge on any atom is 0.0824 e. The zero-order valence-corrected chi connectivity index (χ0v) is 7.75. The summed E-state index contributed by atoms with van der Waals surface area (Å²) < 4.78 is 0. The van der Waals surface area contributed by atoms with Crippen molar-refractivity contribution in [1.82, 2.24) is 0 Å². The van der Waals surface area contributed by atoms with E-state index in [4.69, 9.17) is 5.11 Å². The number of hydrogen-bond donors (Lipinski definition) is 2. The summed E-state index contributed by atoms with van der Waals surface area (Å²) in [4.78, 5) is 0. The van der Waals surface area contributed by atoms with Gasteiger partial charge in [0.15, 0.2) is 0 Å². The van der Waals surface area contributed by atoms with Crippen molar-refractivity contribution in [3.63, 3.8) is 0 Å². The summed E-state index contributed by atoms with van der Waals surface area (Å²) in [6.07, 6.45) is 1.94. The second-order valence-corrected chi connectivity index (χ2v) is 2.97. The molecule has 0 aliphatic heterocycles. The van der Waals surface area contributed by atoms with Gasteiger partial charge in [0.05, 0.1) is 12.2 Å². The van der Waals surface area contributed by atoms with Crippen LogP contribution in [0.15, 0.2) is 0 Å². The average molecular weight is 160 g/mol. The lowest BCUT2D eigenvalue weighted by atomic mass is 9.86. The Bertz CT molecular complexity index is 83.6. The van der Waals surface area contributed by atoms with Crippen LogP contribution in [0.3, 0.4) is 0 Å². The van der Waals surface area contributed by atoms with Crippen LogP contribution in [-0.4, -0.2) is 22.4 Å². The minimum absolute atomic E-state index is 0.286. The maximum absolute atomic E-state index is 9.20. The highest BCUT2D eigenvalue weighted by atomic mass is 16.3. The zero-order valence-electron chi connectivity index (χ0n) is 7.75. The molecule has 0 amide bonds. The lowest BCUT2D eigenvalue weighted by molar-refractivity contribution is -0.0391. The third-order valence-electron chi connectivity index (χ3n) is 2.14. The largest absolute Gasteiger partial charge is 0.390 e. The van der Waals surface area contributed by atoms with Crippen LogP contribution in [-0.2, 0) is 0 Å². The van der Waals surface area contributed by atoms with E-state index in [-0.39, 0.29) is 5.92 Å². The van der Waals surface area contributed by atoms with Crippen molar-refractivity contribution >= 4 is 0 Å². The molecule has 3 unspecified atom stereocenters. The van der Waals surface area contributed by atoms with Crippen molar-refractivity contribution in [2.45, 2.75) is 52.2 Å². The van der Waals surface area contributed by atoms with Crippen LogP contribution in [0.4, 0.5) is 0 Å². The summed E-state index contributed by atoms with van der Waals surface area (Å²) >= 11 is 0. The molecule has 1 fully saturated rings. The molecule has 1 aliphatic carbocycles. The molecule has 0 aromatic carbocycles. The van der Waals surface area contributed by atoms with Gasteiger partial charge in [-0.1, -0.05) is 27.2 Å². The van der Waals surface area contributed by atoms with Gasteiger partial charge in [-0.05, 0) is 18.8 Å². The van der Waals surface area contributed by atoms with Gasteiger partial charge in [-0.3, -0.25) is 0 Å². The van der Waals surface area contributed by atoms with E-state index in [0.717, 1.165) is 19.3 Å². The standard InChI is InChI=1S/C7H14O2.C2H6/c1-5-3-2-4-6(8)7(5)9;1-2/h5-9H,2-4H2,1H3;1-2H3. The Morgan fingerprint density at radius 1 is 1.09 bits per heavy atom. The molecule has 2 N–H and O–H groups in total. The SMILES string of the molecule is CC.CC1CCCC(O)C1O. The van der Waals surface area contributed by atoms with Gasteiger partial charge in [0.2, 0.25) is 0 Å². The van der Waals surface area contributed by atoms with Crippen LogP contribution in [0, 0.1) is 5.92 Å². The molecule has 0 radical (unpaired) electrons. The van der Waals surface area contributed by atoms with Crippen LogP contribution in [0.25, 0.3) is 0 Å². The molecule has 0 saturated heterocycles. The lowest BCUT2D eigenvalue weighted by Gasteiger charge is -2.28. The zero-order chi connectivity index (χ0) is 8.85. The number of aliphatic hydroxyl groups excluding tert-OH is 2. The first-order valence-corrected chi connectivity index (χ1v) is 4.58. The molecular formula is C9H20O2. The highest BCUT2D eigenvalue weighted by Gasteiger charge is 2.26. The van der Waals surface area contributed by atoms with Crippen LogP contribution >= 0.6 is 0 Å². The lowest BCUT2D eigenvalue weighted by Crippen LogP contribution is -2.35. The fraction of sp³-hybridized carbons (Fsp3) is 1.00. The summed E-state index contributed by atoms with van der Waals surface area (Å²) in [6.45, 7) is 5.98. The summed E-state index contributed by atoms with van der Waals surface area (Å²) in [5.41, 5.74) is 0. The summed E-state index contributed by atoms with van der Waals surface area (Å²) in [5.74, 6) is 0.286. The Balaban J connectivity index is 0.000000461. The van der Waals surface area contributed by atoms with Crippen molar-refractivity contribution in [2.75, 3.05) is 0 Å². The van der Waals surface area contributed by atoms with Crippen molar-refractivity contribution in [1.29, 1.82) is 0 Å². The second-order valence-electron chi connectivity index (χ2n) is 2.97. The van der Waals surface area contributed by atoms with Gasteiger partial charge in [0.25, 0.3) is 0 Å². The van der Waals surface area contributed by atoms with Crippen molar-refractivity contribution in [3.05, 3.63) is 0 Å². The molecule has 0 heterocycles. The maximum atomic E-state index is 9.20. The summed E-state index contributed by atoms with van der Waals surface area (Å²) in [5, 5.41) is 18.3. The molecule has 0 aromatic rings. The molecular weight excluding hydrogens is 140 g/mol. The summed E-state index contributed by atoms with van der Waals surface area (Å²) in [7, 11) is 0. The fourth-order valence-corrected chi connectivity index (χ4v) is 1.37. The normalized spacial score (nSPS) is 37.4. The Kier molecular flexibility index (Phi) is 5.51. The fourth-order valence-electron chi connectivity index (χ4n) is 1.37. The van der Waals surface area contributed by atoms with E-state index in [1.807, 2.05) is 20.8 Å². The Morgan fingerprint density at radius 2 is 1.64 bits per heavy atom. The Labute approximate surface area is 69.2 Å². The van der Waals surface area contributed by atoms with E-state index in [1.165, 1.54) is 0 Å². The van der Waals surface area contributed by atoms with Crippen molar-refractivity contribution < 1.29 is 10.2 Å². The second kappa shape index (κ2) is 5.56. The molecule has 2 nitrogen and oxygen atoms in total. The van der Waals surface area contributed by atoms with E-state index in [9.17, 15) is 5.11 Å². The van der Waals surface area contributed by atoms with Gasteiger partial charge in [-0.2, -0.15) is 0 Å². The number of aliphatic hydroxyl groups is 2. The van der Waals surface area contributed by atoms with Gasteiger partial charge in [0, 0.05) is 0 Å². The molecule has 1 rings (SSSR count). The minimum Gasteiger partial charge on any atom is -0.390 e.